The van der Waals surface area contributed by atoms with Crippen molar-refractivity contribution in [3.05, 3.63) is 69.7 Å². The summed E-state index contributed by atoms with van der Waals surface area (Å²) in [5, 5.41) is 6.25. The lowest BCUT2D eigenvalue weighted by molar-refractivity contribution is -0.136. The molecule has 0 aromatic heterocycles. The number of rotatable bonds is 9. The van der Waals surface area contributed by atoms with Crippen LogP contribution in [-0.4, -0.2) is 30.0 Å². The molecule has 4 atom stereocenters. The summed E-state index contributed by atoms with van der Waals surface area (Å²) in [7, 11) is -3.79. The molecular formula is C32H42ClN2O5PS. The molecule has 7 nitrogen and oxygen atoms in total. The Bertz CT molecular complexity index is 1410. The number of nitrogens with one attached hydrogen (secondary N) is 2. The Morgan fingerprint density at radius 2 is 1.79 bits per heavy atom. The molecule has 2 aromatic carbocycles. The maximum atomic E-state index is 14.1. The highest BCUT2D eigenvalue weighted by Gasteiger charge is 2.57. The molecule has 0 radical (unpaired) electrons. The smallest absolute Gasteiger partial charge is 0.345 e. The van der Waals surface area contributed by atoms with Gasteiger partial charge in [0.2, 0.25) is 5.91 Å². The van der Waals surface area contributed by atoms with Crippen LogP contribution in [0, 0.1) is 11.3 Å². The van der Waals surface area contributed by atoms with Crippen molar-refractivity contribution in [2.75, 3.05) is 13.2 Å². The van der Waals surface area contributed by atoms with Crippen LogP contribution in [0.25, 0.3) is 0 Å². The SMILES string of the molecule is CCOP(=O)(OCC)C(NC(=S)NC(=O)[C@]1(C)CCC[C@]2(C)c3ccc(C(C)C)cc3C(=O)C[C@@H]12)c1ccccc1Cl. The molecule has 228 valence electrons. The van der Waals surface area contributed by atoms with Crippen LogP contribution in [0.15, 0.2) is 42.5 Å². The van der Waals surface area contributed by atoms with Gasteiger partial charge in [-0.05, 0) is 79.4 Å². The van der Waals surface area contributed by atoms with Crippen LogP contribution in [0.3, 0.4) is 0 Å². The molecule has 10 heteroatoms. The summed E-state index contributed by atoms with van der Waals surface area (Å²) in [5.41, 5.74) is 2.24. The predicted molar refractivity (Wildman–Crippen MR) is 171 cm³/mol. The number of hydrogen-bond donors (Lipinski definition) is 2. The van der Waals surface area contributed by atoms with Gasteiger partial charge in [0.25, 0.3) is 0 Å². The van der Waals surface area contributed by atoms with Gasteiger partial charge in [-0.3, -0.25) is 14.2 Å². The molecule has 2 aliphatic carbocycles. The summed E-state index contributed by atoms with van der Waals surface area (Å²) in [6, 6.07) is 13.2. The number of fused-ring (bicyclic) bond motifs is 3. The number of halogens is 1. The molecule has 1 unspecified atom stereocenters. The van der Waals surface area contributed by atoms with Crippen LogP contribution in [-0.2, 0) is 23.8 Å². The lowest BCUT2D eigenvalue weighted by Gasteiger charge is -2.54. The van der Waals surface area contributed by atoms with E-state index < -0.39 is 18.8 Å². The van der Waals surface area contributed by atoms with E-state index in [4.69, 9.17) is 32.9 Å². The minimum Gasteiger partial charge on any atom is -0.345 e. The van der Waals surface area contributed by atoms with E-state index in [9.17, 15) is 14.2 Å². The first-order valence-electron chi connectivity index (χ1n) is 14.7. The molecule has 0 bridgehead atoms. The molecule has 1 fully saturated rings. The summed E-state index contributed by atoms with van der Waals surface area (Å²) in [4.78, 5) is 27.6. The van der Waals surface area contributed by atoms with Crippen molar-refractivity contribution in [3.8, 4) is 0 Å². The van der Waals surface area contributed by atoms with Crippen molar-refractivity contribution in [1.29, 1.82) is 0 Å². The number of Topliss-reactive ketones (excluding diaryl/α,β-unsaturated/α-hetero) is 1. The van der Waals surface area contributed by atoms with Gasteiger partial charge in [-0.25, -0.2) is 0 Å². The first-order chi connectivity index (χ1) is 19.8. The van der Waals surface area contributed by atoms with Crippen molar-refractivity contribution < 1.29 is 23.2 Å². The average molecular weight is 633 g/mol. The monoisotopic (exact) mass is 632 g/mol. The molecule has 42 heavy (non-hydrogen) atoms. The number of carbonyl (C=O) groups excluding carboxylic acids is 2. The second kappa shape index (κ2) is 12.9. The van der Waals surface area contributed by atoms with Gasteiger partial charge in [-0.2, -0.15) is 0 Å². The number of carbonyl (C=O) groups is 2. The Balaban J connectivity index is 1.62. The summed E-state index contributed by atoms with van der Waals surface area (Å²) in [6.45, 7) is 12.1. The molecule has 4 rings (SSSR count). The number of benzene rings is 2. The van der Waals surface area contributed by atoms with E-state index in [-0.39, 0.29) is 41.3 Å². The zero-order chi connectivity index (χ0) is 30.9. The third kappa shape index (κ3) is 6.11. The minimum absolute atomic E-state index is 0.0119. The van der Waals surface area contributed by atoms with Crippen molar-refractivity contribution in [2.45, 2.75) is 84.3 Å². The van der Waals surface area contributed by atoms with Gasteiger partial charge in [0.15, 0.2) is 16.7 Å². The molecule has 0 spiro atoms. The first kappa shape index (κ1) is 32.8. The van der Waals surface area contributed by atoms with Gasteiger partial charge >= 0.3 is 7.60 Å². The summed E-state index contributed by atoms with van der Waals surface area (Å²) >= 11 is 12.1. The van der Waals surface area contributed by atoms with E-state index in [0.29, 0.717) is 29.3 Å². The third-order valence-corrected chi connectivity index (χ3v) is 11.9. The molecule has 1 saturated carbocycles. The van der Waals surface area contributed by atoms with Crippen molar-refractivity contribution in [1.82, 2.24) is 10.6 Å². The molecule has 2 N–H and O–H groups in total. The maximum absolute atomic E-state index is 14.1. The highest BCUT2D eigenvalue weighted by Crippen LogP contribution is 2.61. The Morgan fingerprint density at radius 3 is 2.40 bits per heavy atom. The second-order valence-electron chi connectivity index (χ2n) is 12.1. The molecule has 0 heterocycles. The van der Waals surface area contributed by atoms with E-state index in [0.717, 1.165) is 29.5 Å². The Hall–Kier alpha value is -2.09. The van der Waals surface area contributed by atoms with Gasteiger partial charge < -0.3 is 19.7 Å². The van der Waals surface area contributed by atoms with Crippen molar-refractivity contribution >= 4 is 48.2 Å². The second-order valence-corrected chi connectivity index (χ2v) is 15.0. The van der Waals surface area contributed by atoms with Crippen LogP contribution < -0.4 is 10.6 Å². The van der Waals surface area contributed by atoms with Crippen LogP contribution in [0.1, 0.15) is 106 Å². The van der Waals surface area contributed by atoms with Crippen molar-refractivity contribution in [3.63, 3.8) is 0 Å². The summed E-state index contributed by atoms with van der Waals surface area (Å²) < 4.78 is 25.2. The average Bonchev–Trinajstić information content (AvgIpc) is 2.93. The van der Waals surface area contributed by atoms with E-state index in [1.54, 1.807) is 38.1 Å². The number of ketones is 1. The molecule has 0 saturated heterocycles. The van der Waals surface area contributed by atoms with Gasteiger partial charge in [-0.15, -0.1) is 0 Å². The van der Waals surface area contributed by atoms with Crippen molar-refractivity contribution in [2.24, 2.45) is 11.3 Å². The lowest BCUT2D eigenvalue weighted by Crippen LogP contribution is -2.57. The number of amides is 1. The topological polar surface area (TPSA) is 93.7 Å². The van der Waals surface area contributed by atoms with Gasteiger partial charge in [0.1, 0.15) is 0 Å². The van der Waals surface area contributed by atoms with Crippen LogP contribution >= 0.6 is 31.4 Å². The normalized spacial score (nSPS) is 24.5. The fraction of sp³-hybridized carbons (Fsp3) is 0.531. The zero-order valence-electron chi connectivity index (χ0n) is 25.3. The van der Waals surface area contributed by atoms with E-state index in [1.807, 2.05) is 13.0 Å². The first-order valence-corrected chi connectivity index (χ1v) is 17.1. The minimum atomic E-state index is -3.79. The Labute approximate surface area is 260 Å². The van der Waals surface area contributed by atoms with Gasteiger partial charge in [0.05, 0.1) is 18.6 Å². The highest BCUT2D eigenvalue weighted by atomic mass is 35.5. The summed E-state index contributed by atoms with van der Waals surface area (Å²) in [5.74, 6) is -1.12. The molecule has 0 aliphatic heterocycles. The van der Waals surface area contributed by atoms with Gasteiger partial charge in [-0.1, -0.05) is 76.0 Å². The fourth-order valence-corrected chi connectivity index (χ4v) is 9.40. The largest absolute Gasteiger partial charge is 0.357 e. The number of hydrogen-bond acceptors (Lipinski definition) is 6. The van der Waals surface area contributed by atoms with Crippen LogP contribution in [0.4, 0.5) is 0 Å². The number of thiocarbonyl (C=S) groups is 1. The maximum Gasteiger partial charge on any atom is 0.357 e. The molecule has 2 aliphatic rings. The standard InChI is InChI=1S/C32H42ClN2O5PS/c1-7-39-41(38,40-8-2)28(22-12-9-10-13-25(22)33)34-30(42)35-29(37)32(6)17-11-16-31(5)24-15-14-21(20(3)4)18-23(24)26(36)19-27(31)32/h9-10,12-15,18,20,27-28H,7-8,11,16-17,19H2,1-6H3,(H2,34,35,37,42)/t27-,28?,31-,32-/m1/s1. The van der Waals surface area contributed by atoms with Crippen LogP contribution in [0.2, 0.25) is 5.02 Å². The van der Waals surface area contributed by atoms with E-state index in [1.165, 1.54) is 0 Å². The third-order valence-electron chi connectivity index (χ3n) is 9.09. The predicted octanol–water partition coefficient (Wildman–Crippen LogP) is 8.07. The molecular weight excluding hydrogens is 591 g/mol. The molecule has 2 aromatic rings. The zero-order valence-corrected chi connectivity index (χ0v) is 27.8. The highest BCUT2D eigenvalue weighted by molar-refractivity contribution is 7.80. The molecule has 1 amide bonds. The van der Waals surface area contributed by atoms with Gasteiger partial charge in [0, 0.05) is 22.6 Å². The van der Waals surface area contributed by atoms with E-state index in [2.05, 4.69) is 43.5 Å². The van der Waals surface area contributed by atoms with E-state index >= 15 is 0 Å². The summed E-state index contributed by atoms with van der Waals surface area (Å²) in [6.07, 6.45) is 2.65. The van der Waals surface area contributed by atoms with Crippen LogP contribution in [0.5, 0.6) is 0 Å². The lowest BCUT2D eigenvalue weighted by atomic mass is 9.49. The Morgan fingerprint density at radius 1 is 1.12 bits per heavy atom. The quantitative estimate of drug-likeness (QED) is 0.213. The fourth-order valence-electron chi connectivity index (χ4n) is 6.84. The Kier molecular flexibility index (Phi) is 10.1.